The molecule has 4 rings (SSSR count). The molecule has 1 aliphatic rings. The second-order valence-electron chi connectivity index (χ2n) is 6.96. The number of aromatic nitrogens is 2. The Morgan fingerprint density at radius 2 is 1.88 bits per heavy atom. The summed E-state index contributed by atoms with van der Waals surface area (Å²) in [5.41, 5.74) is 0.686. The molecule has 3 amide bonds. The molecule has 2 N–H and O–H groups in total. The van der Waals surface area contributed by atoms with Crippen LogP contribution in [0.3, 0.4) is 0 Å². The Balaban J connectivity index is 1.26. The third kappa shape index (κ3) is 6.04. The van der Waals surface area contributed by atoms with E-state index in [2.05, 4.69) is 20.8 Å². The highest BCUT2D eigenvalue weighted by molar-refractivity contribution is 7.98. The number of hydrogen-bond donors (Lipinski definition) is 2. The average Bonchev–Trinajstić information content (AvgIpc) is 3.26. The maximum Gasteiger partial charge on any atom is 0.339 e. The van der Waals surface area contributed by atoms with Crippen LogP contribution in [0.5, 0.6) is 11.5 Å². The summed E-state index contributed by atoms with van der Waals surface area (Å²) in [6, 6.07) is 10.9. The van der Waals surface area contributed by atoms with Crippen LogP contribution in [-0.2, 0) is 15.3 Å². The molecule has 12 heteroatoms. The number of aryl methyl sites for hydroxylation is 1. The summed E-state index contributed by atoms with van der Waals surface area (Å²) in [6.45, 7) is 1.94. The fourth-order valence-electron chi connectivity index (χ4n) is 2.95. The quantitative estimate of drug-likeness (QED) is 0.380. The molecule has 2 heterocycles. The number of ether oxygens (including phenoxy) is 3. The number of carbonyl (C=O) groups excluding carboxylic acids is 3. The fraction of sp³-hybridized carbons (Fsp3) is 0.227. The summed E-state index contributed by atoms with van der Waals surface area (Å²) < 4.78 is 21.0. The van der Waals surface area contributed by atoms with Gasteiger partial charge in [-0.3, -0.25) is 10.1 Å². The molecule has 34 heavy (non-hydrogen) atoms. The van der Waals surface area contributed by atoms with Crippen LogP contribution >= 0.6 is 11.8 Å². The molecule has 0 spiro atoms. The van der Waals surface area contributed by atoms with Crippen LogP contribution in [0.15, 0.2) is 51.9 Å². The second-order valence-corrected chi connectivity index (χ2v) is 7.97. The third-order valence-electron chi connectivity index (χ3n) is 4.42. The van der Waals surface area contributed by atoms with E-state index in [0.717, 1.165) is 0 Å². The fourth-order valence-corrected chi connectivity index (χ4v) is 3.83. The van der Waals surface area contributed by atoms with Gasteiger partial charge < -0.3 is 24.1 Å². The van der Waals surface area contributed by atoms with Crippen LogP contribution in [0.4, 0.5) is 10.5 Å². The van der Waals surface area contributed by atoms with E-state index in [1.165, 1.54) is 11.8 Å². The van der Waals surface area contributed by atoms with Crippen molar-refractivity contribution in [3.05, 3.63) is 59.7 Å². The van der Waals surface area contributed by atoms with Crippen LogP contribution < -0.4 is 20.1 Å². The molecule has 3 aromatic rings. The number of fused-ring (bicyclic) bond motifs is 1. The van der Waals surface area contributed by atoms with Gasteiger partial charge in [-0.2, -0.15) is 4.98 Å². The first kappa shape index (κ1) is 23.1. The smallest absolute Gasteiger partial charge is 0.339 e. The van der Waals surface area contributed by atoms with Crippen molar-refractivity contribution in [2.45, 2.75) is 17.6 Å². The molecular formula is C22H20N4O7S. The second kappa shape index (κ2) is 10.7. The lowest BCUT2D eigenvalue weighted by Crippen LogP contribution is -2.37. The van der Waals surface area contributed by atoms with Crippen molar-refractivity contribution < 1.29 is 33.1 Å². The van der Waals surface area contributed by atoms with Gasteiger partial charge in [0.25, 0.3) is 5.91 Å². The lowest BCUT2D eigenvalue weighted by atomic mass is 10.2. The Morgan fingerprint density at radius 3 is 2.68 bits per heavy atom. The SMILES string of the molecule is Cc1noc(CSc2ccccc2C(=O)OCC(=O)NC(=O)Nc2ccc3c(c2)OCCO3)n1. The van der Waals surface area contributed by atoms with E-state index in [1.807, 2.05) is 0 Å². The maximum atomic E-state index is 12.5. The summed E-state index contributed by atoms with van der Waals surface area (Å²) >= 11 is 1.32. The van der Waals surface area contributed by atoms with Gasteiger partial charge in [0, 0.05) is 16.6 Å². The number of hydrogen-bond acceptors (Lipinski definition) is 10. The van der Waals surface area contributed by atoms with E-state index in [9.17, 15) is 14.4 Å². The van der Waals surface area contributed by atoms with Gasteiger partial charge in [-0.05, 0) is 31.2 Å². The number of rotatable bonds is 7. The van der Waals surface area contributed by atoms with Crippen molar-refractivity contribution in [3.8, 4) is 11.5 Å². The van der Waals surface area contributed by atoms with Gasteiger partial charge in [0.1, 0.15) is 13.2 Å². The lowest BCUT2D eigenvalue weighted by Gasteiger charge is -2.19. The van der Waals surface area contributed by atoms with Gasteiger partial charge in [0.2, 0.25) is 5.89 Å². The third-order valence-corrected chi connectivity index (χ3v) is 5.47. The van der Waals surface area contributed by atoms with Crippen LogP contribution in [-0.4, -0.2) is 47.9 Å². The number of anilines is 1. The van der Waals surface area contributed by atoms with Crippen molar-refractivity contribution in [1.29, 1.82) is 0 Å². The van der Waals surface area contributed by atoms with Gasteiger partial charge in [-0.25, -0.2) is 9.59 Å². The Hall–Kier alpha value is -4.06. The predicted molar refractivity (Wildman–Crippen MR) is 120 cm³/mol. The Morgan fingerprint density at radius 1 is 1.09 bits per heavy atom. The molecule has 0 atom stereocenters. The van der Waals surface area contributed by atoms with Gasteiger partial charge in [-0.1, -0.05) is 17.3 Å². The summed E-state index contributed by atoms with van der Waals surface area (Å²) in [5.74, 6) is 0.899. The first-order valence-corrected chi connectivity index (χ1v) is 11.1. The highest BCUT2D eigenvalue weighted by Crippen LogP contribution is 2.32. The van der Waals surface area contributed by atoms with E-state index in [4.69, 9.17) is 18.7 Å². The van der Waals surface area contributed by atoms with E-state index in [-0.39, 0.29) is 5.56 Å². The summed E-state index contributed by atoms with van der Waals surface area (Å²) in [4.78, 5) is 41.4. The molecule has 0 saturated heterocycles. The number of nitrogens with one attached hydrogen (secondary N) is 2. The molecule has 0 radical (unpaired) electrons. The van der Waals surface area contributed by atoms with Crippen LogP contribution in [0.2, 0.25) is 0 Å². The zero-order chi connectivity index (χ0) is 23.9. The van der Waals surface area contributed by atoms with Gasteiger partial charge in [0.15, 0.2) is 23.9 Å². The number of esters is 1. The molecular weight excluding hydrogens is 464 g/mol. The molecule has 1 aliphatic heterocycles. The van der Waals surface area contributed by atoms with E-state index >= 15 is 0 Å². The first-order chi connectivity index (χ1) is 16.5. The van der Waals surface area contributed by atoms with Crippen LogP contribution in [0, 0.1) is 6.92 Å². The minimum Gasteiger partial charge on any atom is -0.486 e. The Labute approximate surface area is 198 Å². The van der Waals surface area contributed by atoms with Crippen molar-refractivity contribution in [2.75, 3.05) is 25.1 Å². The maximum absolute atomic E-state index is 12.5. The average molecular weight is 484 g/mol. The van der Waals surface area contributed by atoms with Gasteiger partial charge >= 0.3 is 12.0 Å². The van der Waals surface area contributed by atoms with Crippen molar-refractivity contribution in [1.82, 2.24) is 15.5 Å². The molecule has 0 unspecified atom stereocenters. The standard InChI is InChI=1S/C22H20N4O7S/c1-13-23-20(33-26-13)12-34-18-5-3-2-4-15(18)21(28)32-11-19(27)25-22(29)24-14-6-7-16-17(10-14)31-9-8-30-16/h2-7,10H,8-9,11-12H2,1H3,(H2,24,25,27,29). The highest BCUT2D eigenvalue weighted by atomic mass is 32.2. The van der Waals surface area contributed by atoms with Crippen molar-refractivity contribution in [3.63, 3.8) is 0 Å². The van der Waals surface area contributed by atoms with Crippen LogP contribution in [0.1, 0.15) is 22.1 Å². The summed E-state index contributed by atoms with van der Waals surface area (Å²) in [7, 11) is 0. The van der Waals surface area contributed by atoms with Crippen molar-refractivity contribution in [2.24, 2.45) is 0 Å². The number of imide groups is 1. The first-order valence-electron chi connectivity index (χ1n) is 10.2. The van der Waals surface area contributed by atoms with E-state index in [1.54, 1.807) is 49.4 Å². The number of carbonyl (C=O) groups is 3. The largest absolute Gasteiger partial charge is 0.486 e. The summed E-state index contributed by atoms with van der Waals surface area (Å²) in [6.07, 6.45) is 0. The molecule has 0 aliphatic carbocycles. The highest BCUT2D eigenvalue weighted by Gasteiger charge is 2.17. The van der Waals surface area contributed by atoms with Gasteiger partial charge in [-0.15, -0.1) is 11.8 Å². The molecule has 11 nitrogen and oxygen atoms in total. The number of benzene rings is 2. The summed E-state index contributed by atoms with van der Waals surface area (Å²) in [5, 5.41) is 8.35. The minimum absolute atomic E-state index is 0.275. The number of amides is 3. The molecule has 2 aromatic carbocycles. The van der Waals surface area contributed by atoms with E-state index < -0.39 is 24.5 Å². The predicted octanol–water partition coefficient (Wildman–Crippen LogP) is 2.95. The monoisotopic (exact) mass is 484 g/mol. The normalized spacial score (nSPS) is 12.0. The minimum atomic E-state index is -0.783. The molecule has 0 saturated carbocycles. The van der Waals surface area contributed by atoms with Gasteiger partial charge in [0.05, 0.1) is 11.3 Å². The number of urea groups is 1. The van der Waals surface area contributed by atoms with Crippen LogP contribution in [0.25, 0.3) is 0 Å². The topological polar surface area (TPSA) is 142 Å². The molecule has 0 fully saturated rings. The zero-order valence-corrected chi connectivity index (χ0v) is 18.8. The van der Waals surface area contributed by atoms with Crippen molar-refractivity contribution >= 4 is 35.4 Å². The molecule has 176 valence electrons. The van der Waals surface area contributed by atoms with E-state index in [0.29, 0.717) is 52.8 Å². The Bertz CT molecular complexity index is 1210. The zero-order valence-electron chi connectivity index (χ0n) is 18.0. The molecule has 1 aromatic heterocycles. The molecule has 0 bridgehead atoms. The number of thioether (sulfide) groups is 1. The number of nitrogens with zero attached hydrogens (tertiary/aromatic N) is 2. The Kier molecular flexibility index (Phi) is 7.28. The lowest BCUT2D eigenvalue weighted by molar-refractivity contribution is -0.123.